The molecule has 0 amide bonds. The minimum absolute atomic E-state index is 0.650. The summed E-state index contributed by atoms with van der Waals surface area (Å²) in [6.07, 6.45) is 7.04. The van der Waals surface area contributed by atoms with Crippen LogP contribution in [-0.4, -0.2) is 44.4 Å². The largest absolute Gasteiger partial charge is 0.366 e. The van der Waals surface area contributed by atoms with Crippen LogP contribution in [0.5, 0.6) is 0 Å². The monoisotopic (exact) mass is 268 g/mol. The van der Waals surface area contributed by atoms with Gasteiger partial charge in [-0.25, -0.2) is 0 Å². The Bertz CT molecular complexity index is 231. The highest BCUT2D eigenvalue weighted by Crippen LogP contribution is 2.28. The van der Waals surface area contributed by atoms with E-state index in [9.17, 15) is 0 Å². The van der Waals surface area contributed by atoms with E-state index in [1.165, 1.54) is 58.3 Å². The molecule has 0 aliphatic carbocycles. The summed E-state index contributed by atoms with van der Waals surface area (Å²) < 4.78 is 5.74. The summed E-state index contributed by atoms with van der Waals surface area (Å²) in [5.74, 6) is 2.62. The number of ether oxygens (including phenoxy) is 1. The first-order valence-electron chi connectivity index (χ1n) is 8.25. The molecule has 0 bridgehead atoms. The Labute approximate surface area is 119 Å². The summed E-state index contributed by atoms with van der Waals surface area (Å²) in [5.41, 5.74) is 0. The van der Waals surface area contributed by atoms with E-state index in [0.717, 1.165) is 25.2 Å². The van der Waals surface area contributed by atoms with Gasteiger partial charge in [-0.3, -0.25) is 4.90 Å². The Balaban J connectivity index is 1.56. The van der Waals surface area contributed by atoms with Crippen molar-refractivity contribution >= 4 is 0 Å². The maximum Gasteiger partial charge on any atom is 0.0990 e. The van der Waals surface area contributed by atoms with Gasteiger partial charge in [0.15, 0.2) is 0 Å². The van der Waals surface area contributed by atoms with Crippen molar-refractivity contribution in [3.05, 3.63) is 0 Å². The lowest BCUT2D eigenvalue weighted by atomic mass is 9.83. The van der Waals surface area contributed by atoms with Gasteiger partial charge in [-0.15, -0.1) is 0 Å². The molecule has 2 rings (SSSR count). The molecule has 0 saturated carbocycles. The van der Waals surface area contributed by atoms with Gasteiger partial charge >= 0.3 is 0 Å². The van der Waals surface area contributed by atoms with Crippen LogP contribution < -0.4 is 5.32 Å². The third-order valence-electron chi connectivity index (χ3n) is 4.56. The predicted molar refractivity (Wildman–Crippen MR) is 80.2 cm³/mol. The number of rotatable bonds is 6. The first kappa shape index (κ1) is 15.3. The third kappa shape index (κ3) is 5.80. The molecule has 0 radical (unpaired) electrons. The van der Waals surface area contributed by atoms with Crippen LogP contribution in [-0.2, 0) is 4.74 Å². The van der Waals surface area contributed by atoms with E-state index in [2.05, 4.69) is 24.1 Å². The summed E-state index contributed by atoms with van der Waals surface area (Å²) >= 11 is 0. The molecular formula is C16H32N2O. The molecule has 0 aromatic heterocycles. The summed E-state index contributed by atoms with van der Waals surface area (Å²) in [5, 5.41) is 3.47. The molecule has 0 unspecified atom stereocenters. The SMILES string of the molecule is CC(C)COCN1CCC(CC2CCNCC2)CC1. The quantitative estimate of drug-likeness (QED) is 0.801. The van der Waals surface area contributed by atoms with E-state index in [1.807, 2.05) is 0 Å². The van der Waals surface area contributed by atoms with Crippen LogP contribution in [0.1, 0.15) is 46.0 Å². The lowest BCUT2D eigenvalue weighted by Gasteiger charge is -2.34. The molecule has 0 aromatic carbocycles. The molecule has 2 aliphatic heterocycles. The second-order valence-corrected chi connectivity index (χ2v) is 6.88. The number of hydrogen-bond donors (Lipinski definition) is 1. The van der Waals surface area contributed by atoms with Gasteiger partial charge in [0.2, 0.25) is 0 Å². The van der Waals surface area contributed by atoms with Gasteiger partial charge in [-0.05, 0) is 62.9 Å². The molecular weight excluding hydrogens is 236 g/mol. The van der Waals surface area contributed by atoms with Gasteiger partial charge in [0, 0.05) is 13.1 Å². The number of nitrogens with zero attached hydrogens (tertiary/aromatic N) is 1. The van der Waals surface area contributed by atoms with Crippen molar-refractivity contribution in [1.82, 2.24) is 10.2 Å². The third-order valence-corrected chi connectivity index (χ3v) is 4.56. The molecule has 0 aromatic rings. The van der Waals surface area contributed by atoms with Crippen LogP contribution in [0.4, 0.5) is 0 Å². The molecule has 0 spiro atoms. The molecule has 112 valence electrons. The van der Waals surface area contributed by atoms with E-state index in [4.69, 9.17) is 4.74 Å². The average molecular weight is 268 g/mol. The van der Waals surface area contributed by atoms with E-state index in [1.54, 1.807) is 0 Å². The lowest BCUT2D eigenvalue weighted by Crippen LogP contribution is -2.37. The van der Waals surface area contributed by atoms with Crippen LogP contribution in [0.2, 0.25) is 0 Å². The van der Waals surface area contributed by atoms with Gasteiger partial charge in [0.05, 0.1) is 13.3 Å². The first-order chi connectivity index (χ1) is 9.24. The number of piperidine rings is 2. The second kappa shape index (κ2) is 8.23. The van der Waals surface area contributed by atoms with Crippen molar-refractivity contribution in [2.24, 2.45) is 17.8 Å². The normalized spacial score (nSPS) is 24.2. The number of likely N-dealkylation sites (tertiary alicyclic amines) is 1. The van der Waals surface area contributed by atoms with E-state index >= 15 is 0 Å². The number of hydrogen-bond acceptors (Lipinski definition) is 3. The standard InChI is InChI=1S/C16H32N2O/c1-14(2)12-19-13-18-9-5-16(6-10-18)11-15-3-7-17-8-4-15/h14-17H,3-13H2,1-2H3. The maximum absolute atomic E-state index is 5.74. The van der Waals surface area contributed by atoms with Crippen LogP contribution in [0, 0.1) is 17.8 Å². The van der Waals surface area contributed by atoms with Crippen LogP contribution in [0.15, 0.2) is 0 Å². The van der Waals surface area contributed by atoms with E-state index in [0.29, 0.717) is 5.92 Å². The molecule has 2 saturated heterocycles. The maximum atomic E-state index is 5.74. The zero-order chi connectivity index (χ0) is 13.5. The van der Waals surface area contributed by atoms with Crippen LogP contribution >= 0.6 is 0 Å². The van der Waals surface area contributed by atoms with Crippen molar-refractivity contribution in [3.8, 4) is 0 Å². The zero-order valence-electron chi connectivity index (χ0n) is 12.9. The zero-order valence-corrected chi connectivity index (χ0v) is 12.9. The van der Waals surface area contributed by atoms with Gasteiger partial charge in [-0.2, -0.15) is 0 Å². The highest BCUT2D eigenvalue weighted by Gasteiger charge is 2.23. The van der Waals surface area contributed by atoms with Crippen molar-refractivity contribution in [2.75, 3.05) is 39.5 Å². The Kier molecular flexibility index (Phi) is 6.62. The van der Waals surface area contributed by atoms with Crippen molar-refractivity contribution in [3.63, 3.8) is 0 Å². The summed E-state index contributed by atoms with van der Waals surface area (Å²) in [6.45, 7) is 11.1. The number of nitrogens with one attached hydrogen (secondary N) is 1. The highest BCUT2D eigenvalue weighted by molar-refractivity contribution is 4.76. The van der Waals surface area contributed by atoms with Crippen molar-refractivity contribution in [1.29, 1.82) is 0 Å². The molecule has 0 atom stereocenters. The minimum atomic E-state index is 0.650. The Morgan fingerprint density at radius 1 is 1.05 bits per heavy atom. The fourth-order valence-electron chi connectivity index (χ4n) is 3.36. The summed E-state index contributed by atoms with van der Waals surface area (Å²) in [6, 6.07) is 0. The van der Waals surface area contributed by atoms with Gasteiger partial charge < -0.3 is 10.1 Å². The smallest absolute Gasteiger partial charge is 0.0990 e. The Morgan fingerprint density at radius 2 is 1.68 bits per heavy atom. The van der Waals surface area contributed by atoms with Crippen LogP contribution in [0.3, 0.4) is 0 Å². The van der Waals surface area contributed by atoms with Gasteiger partial charge in [-0.1, -0.05) is 13.8 Å². The molecule has 2 heterocycles. The summed E-state index contributed by atoms with van der Waals surface area (Å²) in [7, 11) is 0. The molecule has 2 fully saturated rings. The topological polar surface area (TPSA) is 24.5 Å². The molecule has 1 N–H and O–H groups in total. The molecule has 2 aliphatic rings. The van der Waals surface area contributed by atoms with Crippen LogP contribution in [0.25, 0.3) is 0 Å². The summed E-state index contributed by atoms with van der Waals surface area (Å²) in [4.78, 5) is 2.49. The molecule has 19 heavy (non-hydrogen) atoms. The van der Waals surface area contributed by atoms with Gasteiger partial charge in [0.1, 0.15) is 0 Å². The van der Waals surface area contributed by atoms with Gasteiger partial charge in [0.25, 0.3) is 0 Å². The molecule has 3 nitrogen and oxygen atoms in total. The van der Waals surface area contributed by atoms with E-state index in [-0.39, 0.29) is 0 Å². The lowest BCUT2D eigenvalue weighted by molar-refractivity contribution is -0.00178. The Hall–Kier alpha value is -0.120. The first-order valence-corrected chi connectivity index (χ1v) is 8.25. The fraction of sp³-hybridized carbons (Fsp3) is 1.00. The van der Waals surface area contributed by atoms with Crippen molar-refractivity contribution in [2.45, 2.75) is 46.0 Å². The van der Waals surface area contributed by atoms with E-state index < -0.39 is 0 Å². The van der Waals surface area contributed by atoms with Crippen molar-refractivity contribution < 1.29 is 4.74 Å². The fourth-order valence-corrected chi connectivity index (χ4v) is 3.36. The highest BCUT2D eigenvalue weighted by atomic mass is 16.5. The second-order valence-electron chi connectivity index (χ2n) is 6.88. The Morgan fingerprint density at radius 3 is 2.32 bits per heavy atom. The average Bonchev–Trinajstić information content (AvgIpc) is 2.42. The molecule has 3 heteroatoms. The predicted octanol–water partition coefficient (Wildman–Crippen LogP) is 2.72. The minimum Gasteiger partial charge on any atom is -0.366 e.